The average molecular weight is 401 g/mol. The lowest BCUT2D eigenvalue weighted by atomic mass is 9.83. The number of hydrogen-bond donors (Lipinski definition) is 2. The van der Waals surface area contributed by atoms with Gasteiger partial charge in [-0.25, -0.2) is 4.99 Å². The quantitative estimate of drug-likeness (QED) is 0.461. The third kappa shape index (κ3) is 7.00. The highest BCUT2D eigenvalue weighted by Gasteiger charge is 2.33. The van der Waals surface area contributed by atoms with Gasteiger partial charge in [-0.1, -0.05) is 37.1 Å². The summed E-state index contributed by atoms with van der Waals surface area (Å²) in [5.74, 6) is 0.928. The van der Waals surface area contributed by atoms with Crippen molar-refractivity contribution in [1.29, 1.82) is 0 Å². The second-order valence-corrected chi connectivity index (χ2v) is 8.80. The van der Waals surface area contributed by atoms with Crippen LogP contribution in [0.3, 0.4) is 0 Å². The Balaban J connectivity index is 1.52. The Labute approximate surface area is 177 Å². The molecule has 1 saturated carbocycles. The largest absolute Gasteiger partial charge is 0.385 e. The fourth-order valence-electron chi connectivity index (χ4n) is 4.69. The minimum Gasteiger partial charge on any atom is -0.385 e. The maximum atomic E-state index is 5.36. The van der Waals surface area contributed by atoms with Gasteiger partial charge in [0.1, 0.15) is 0 Å². The fraction of sp³-hybridized carbons (Fsp3) is 0.708. The zero-order valence-electron chi connectivity index (χ0n) is 18.5. The summed E-state index contributed by atoms with van der Waals surface area (Å²) in [6.45, 7) is 9.12. The van der Waals surface area contributed by atoms with Gasteiger partial charge in [0.05, 0.1) is 6.54 Å². The van der Waals surface area contributed by atoms with E-state index in [2.05, 4.69) is 46.7 Å². The highest BCUT2D eigenvalue weighted by Crippen LogP contribution is 2.40. The number of benzene rings is 1. The van der Waals surface area contributed by atoms with Crippen LogP contribution in [0.15, 0.2) is 29.3 Å². The molecule has 162 valence electrons. The van der Waals surface area contributed by atoms with Gasteiger partial charge in [0, 0.05) is 33.4 Å². The molecule has 0 bridgehead atoms. The summed E-state index contributed by atoms with van der Waals surface area (Å²) in [6.07, 6.45) is 9.09. The Bertz CT molecular complexity index is 616. The van der Waals surface area contributed by atoms with Crippen molar-refractivity contribution in [3.05, 3.63) is 35.4 Å². The van der Waals surface area contributed by atoms with Crippen LogP contribution in [0.5, 0.6) is 0 Å². The van der Waals surface area contributed by atoms with Gasteiger partial charge in [0.15, 0.2) is 5.96 Å². The van der Waals surface area contributed by atoms with Crippen molar-refractivity contribution >= 4 is 5.96 Å². The van der Waals surface area contributed by atoms with Crippen LogP contribution in [0.4, 0.5) is 0 Å². The molecule has 3 rings (SSSR count). The molecule has 1 aromatic rings. The molecule has 5 nitrogen and oxygen atoms in total. The lowest BCUT2D eigenvalue weighted by molar-refractivity contribution is 0.138. The van der Waals surface area contributed by atoms with Gasteiger partial charge in [-0.05, 0) is 68.7 Å². The molecule has 1 aliphatic heterocycles. The number of guanidine groups is 1. The maximum Gasteiger partial charge on any atom is 0.191 e. The highest BCUT2D eigenvalue weighted by atomic mass is 16.5. The Hall–Kier alpha value is -1.59. The lowest BCUT2D eigenvalue weighted by Gasteiger charge is -2.30. The third-order valence-corrected chi connectivity index (χ3v) is 6.52. The van der Waals surface area contributed by atoms with E-state index in [1.165, 1.54) is 62.7 Å². The molecule has 0 radical (unpaired) electrons. The number of ether oxygens (including phenoxy) is 1. The summed E-state index contributed by atoms with van der Waals surface area (Å²) < 4.78 is 5.36. The Morgan fingerprint density at radius 3 is 2.38 bits per heavy atom. The van der Waals surface area contributed by atoms with Gasteiger partial charge in [0.2, 0.25) is 0 Å². The number of methoxy groups -OCH3 is 1. The molecule has 2 aliphatic rings. The van der Waals surface area contributed by atoms with Crippen molar-refractivity contribution in [1.82, 2.24) is 15.5 Å². The number of hydrogen-bond acceptors (Lipinski definition) is 3. The molecule has 0 spiro atoms. The smallest absolute Gasteiger partial charge is 0.191 e. The Kier molecular flexibility index (Phi) is 8.81. The van der Waals surface area contributed by atoms with E-state index in [-0.39, 0.29) is 0 Å². The third-order valence-electron chi connectivity index (χ3n) is 6.52. The monoisotopic (exact) mass is 400 g/mol. The second kappa shape index (κ2) is 11.6. The topological polar surface area (TPSA) is 48.9 Å². The first-order chi connectivity index (χ1) is 14.2. The maximum absolute atomic E-state index is 5.36. The van der Waals surface area contributed by atoms with E-state index in [0.717, 1.165) is 38.6 Å². The van der Waals surface area contributed by atoms with Crippen LogP contribution < -0.4 is 10.6 Å². The zero-order valence-corrected chi connectivity index (χ0v) is 18.5. The van der Waals surface area contributed by atoms with Crippen molar-refractivity contribution < 1.29 is 4.74 Å². The van der Waals surface area contributed by atoms with Gasteiger partial charge in [-0.3, -0.25) is 4.90 Å². The second-order valence-electron chi connectivity index (χ2n) is 8.80. The number of aliphatic imine (C=N–C) groups is 1. The first-order valence-corrected chi connectivity index (χ1v) is 11.5. The number of nitrogens with one attached hydrogen (secondary N) is 2. The first kappa shape index (κ1) is 22.1. The normalized spacial score (nSPS) is 19.6. The lowest BCUT2D eigenvalue weighted by Crippen LogP contribution is -2.43. The molecular formula is C24H40N4O. The van der Waals surface area contributed by atoms with Crippen LogP contribution in [0, 0.1) is 5.41 Å². The predicted molar refractivity (Wildman–Crippen MR) is 121 cm³/mol. The minimum absolute atomic E-state index is 0.365. The molecule has 1 saturated heterocycles. The molecule has 1 aromatic carbocycles. The summed E-state index contributed by atoms with van der Waals surface area (Å²) in [5, 5.41) is 7.03. The van der Waals surface area contributed by atoms with Crippen LogP contribution >= 0.6 is 0 Å². The molecule has 0 aromatic heterocycles. The molecule has 29 heavy (non-hydrogen) atoms. The fourth-order valence-corrected chi connectivity index (χ4v) is 4.69. The Morgan fingerprint density at radius 1 is 1.03 bits per heavy atom. The van der Waals surface area contributed by atoms with Crippen molar-refractivity contribution in [3.63, 3.8) is 0 Å². The van der Waals surface area contributed by atoms with E-state index in [4.69, 9.17) is 9.73 Å². The molecule has 0 atom stereocenters. The number of likely N-dealkylation sites (tertiary alicyclic amines) is 1. The first-order valence-electron chi connectivity index (χ1n) is 11.5. The standard InChI is InChI=1S/C24H40N4O/c1-3-25-23(27-20-24(14-17-29-2)12-4-5-13-24)26-18-21-8-10-22(11-9-21)19-28-15-6-7-16-28/h8-11H,3-7,12-20H2,1-2H3,(H2,25,26,27). The van der Waals surface area contributed by atoms with Crippen LogP contribution in [0.25, 0.3) is 0 Å². The van der Waals surface area contributed by atoms with Crippen LogP contribution in [0.2, 0.25) is 0 Å². The highest BCUT2D eigenvalue weighted by molar-refractivity contribution is 5.79. The predicted octanol–water partition coefficient (Wildman–Crippen LogP) is 3.93. The van der Waals surface area contributed by atoms with E-state index in [9.17, 15) is 0 Å². The number of nitrogens with zero attached hydrogens (tertiary/aromatic N) is 2. The van der Waals surface area contributed by atoms with Crippen LogP contribution in [-0.4, -0.2) is 50.8 Å². The van der Waals surface area contributed by atoms with Crippen molar-refractivity contribution in [3.8, 4) is 0 Å². The van der Waals surface area contributed by atoms with Crippen LogP contribution in [0.1, 0.15) is 63.0 Å². The zero-order chi connectivity index (χ0) is 20.4. The number of rotatable bonds is 10. The summed E-state index contributed by atoms with van der Waals surface area (Å²) in [4.78, 5) is 7.39. The summed E-state index contributed by atoms with van der Waals surface area (Å²) in [7, 11) is 1.80. The van der Waals surface area contributed by atoms with E-state index in [0.29, 0.717) is 12.0 Å². The van der Waals surface area contributed by atoms with Crippen molar-refractivity contribution in [2.75, 3.05) is 39.9 Å². The average Bonchev–Trinajstić information content (AvgIpc) is 3.42. The SMILES string of the molecule is CCNC(=NCc1ccc(CN2CCCC2)cc1)NCC1(CCOC)CCCC1. The van der Waals surface area contributed by atoms with E-state index in [1.807, 2.05) is 0 Å². The van der Waals surface area contributed by atoms with E-state index in [1.54, 1.807) is 7.11 Å². The molecule has 0 amide bonds. The molecule has 1 heterocycles. The molecule has 5 heteroatoms. The summed E-state index contributed by atoms with van der Waals surface area (Å²) >= 11 is 0. The molecular weight excluding hydrogens is 360 g/mol. The van der Waals surface area contributed by atoms with Gasteiger partial charge < -0.3 is 15.4 Å². The van der Waals surface area contributed by atoms with Crippen molar-refractivity contribution in [2.45, 2.75) is 65.0 Å². The molecule has 2 fully saturated rings. The van der Waals surface area contributed by atoms with E-state index < -0.39 is 0 Å². The van der Waals surface area contributed by atoms with E-state index >= 15 is 0 Å². The van der Waals surface area contributed by atoms with Gasteiger partial charge in [-0.2, -0.15) is 0 Å². The summed E-state index contributed by atoms with van der Waals surface area (Å²) in [5.41, 5.74) is 3.04. The van der Waals surface area contributed by atoms with Crippen LogP contribution in [-0.2, 0) is 17.8 Å². The van der Waals surface area contributed by atoms with Gasteiger partial charge >= 0.3 is 0 Å². The minimum atomic E-state index is 0.365. The summed E-state index contributed by atoms with van der Waals surface area (Å²) in [6, 6.07) is 8.99. The van der Waals surface area contributed by atoms with Gasteiger partial charge in [0.25, 0.3) is 0 Å². The molecule has 2 N–H and O–H groups in total. The van der Waals surface area contributed by atoms with Gasteiger partial charge in [-0.15, -0.1) is 0 Å². The molecule has 0 unspecified atom stereocenters. The van der Waals surface area contributed by atoms with Crippen molar-refractivity contribution in [2.24, 2.45) is 10.4 Å². The molecule has 1 aliphatic carbocycles. The Morgan fingerprint density at radius 2 is 1.72 bits per heavy atom.